The molecule has 2 aromatic rings. The maximum Gasteiger partial charge on any atom is 0.230 e. The summed E-state index contributed by atoms with van der Waals surface area (Å²) in [5.41, 5.74) is 1.05. The summed E-state index contributed by atoms with van der Waals surface area (Å²) in [6, 6.07) is 10.3. The van der Waals surface area contributed by atoms with E-state index in [2.05, 4.69) is 15.6 Å². The lowest BCUT2D eigenvalue weighted by molar-refractivity contribution is -0.123. The number of carbonyl (C=O) groups excluding carboxylic acids is 1. The highest BCUT2D eigenvalue weighted by Gasteiger charge is 2.21. The van der Waals surface area contributed by atoms with Crippen LogP contribution in [0, 0.1) is 11.2 Å². The van der Waals surface area contributed by atoms with Crippen molar-refractivity contribution in [2.24, 2.45) is 5.41 Å². The van der Waals surface area contributed by atoms with E-state index in [9.17, 15) is 9.18 Å². The number of rotatable bonds is 5. The Labute approximate surface area is 136 Å². The monoisotopic (exact) mass is 315 g/mol. The number of hydrogen-bond acceptors (Lipinski definition) is 3. The number of amides is 1. The Morgan fingerprint density at radius 3 is 2.52 bits per heavy atom. The van der Waals surface area contributed by atoms with Gasteiger partial charge in [0.2, 0.25) is 5.91 Å². The molecule has 2 rings (SSSR count). The average Bonchev–Trinajstić information content (AvgIpc) is 2.50. The first-order valence-electron chi connectivity index (χ1n) is 7.61. The minimum absolute atomic E-state index is 0.0785. The van der Waals surface area contributed by atoms with E-state index in [0.29, 0.717) is 24.3 Å². The summed E-state index contributed by atoms with van der Waals surface area (Å²) in [6.45, 7) is 6.15. The second-order valence-corrected chi connectivity index (χ2v) is 6.40. The second-order valence-electron chi connectivity index (χ2n) is 6.40. The van der Waals surface area contributed by atoms with Crippen LogP contribution in [0.15, 0.2) is 42.6 Å². The van der Waals surface area contributed by atoms with Crippen LogP contribution in [0.25, 0.3) is 0 Å². The van der Waals surface area contributed by atoms with Crippen LogP contribution in [0.4, 0.5) is 15.9 Å². The van der Waals surface area contributed by atoms with Gasteiger partial charge in [0.15, 0.2) is 0 Å². The van der Waals surface area contributed by atoms with Gasteiger partial charge in [-0.1, -0.05) is 39.0 Å². The van der Waals surface area contributed by atoms with Crippen LogP contribution >= 0.6 is 0 Å². The normalized spacial score (nSPS) is 11.1. The van der Waals surface area contributed by atoms with Gasteiger partial charge in [-0.25, -0.2) is 9.37 Å². The smallest absolute Gasteiger partial charge is 0.230 e. The summed E-state index contributed by atoms with van der Waals surface area (Å²) in [5, 5.41) is 5.96. The molecule has 1 aromatic carbocycles. The van der Waals surface area contributed by atoms with E-state index in [-0.39, 0.29) is 11.7 Å². The van der Waals surface area contributed by atoms with E-state index in [0.717, 1.165) is 5.69 Å². The molecule has 0 atom stereocenters. The van der Waals surface area contributed by atoms with Gasteiger partial charge in [-0.2, -0.15) is 0 Å². The largest absolute Gasteiger partial charge is 0.383 e. The molecule has 2 N–H and O–H groups in total. The Morgan fingerprint density at radius 1 is 1.17 bits per heavy atom. The van der Waals surface area contributed by atoms with Crippen LogP contribution in [0.5, 0.6) is 0 Å². The third-order valence-electron chi connectivity index (χ3n) is 3.37. The summed E-state index contributed by atoms with van der Waals surface area (Å²) in [7, 11) is 0. The van der Waals surface area contributed by atoms with E-state index < -0.39 is 5.41 Å². The molecule has 4 nitrogen and oxygen atoms in total. The lowest BCUT2D eigenvalue weighted by atomic mass is 9.96. The number of pyridine rings is 1. The molecule has 122 valence electrons. The van der Waals surface area contributed by atoms with Crippen LogP contribution < -0.4 is 10.6 Å². The molecular formula is C18H22FN3O. The van der Waals surface area contributed by atoms with Gasteiger partial charge in [0.05, 0.1) is 11.9 Å². The fourth-order valence-corrected chi connectivity index (χ4v) is 1.92. The molecule has 0 aliphatic rings. The third-order valence-corrected chi connectivity index (χ3v) is 3.37. The van der Waals surface area contributed by atoms with Gasteiger partial charge in [-0.3, -0.25) is 4.79 Å². The molecule has 0 fully saturated rings. The van der Waals surface area contributed by atoms with Crippen molar-refractivity contribution in [1.29, 1.82) is 0 Å². The number of benzene rings is 1. The first-order valence-corrected chi connectivity index (χ1v) is 7.61. The summed E-state index contributed by atoms with van der Waals surface area (Å²) >= 11 is 0. The minimum Gasteiger partial charge on any atom is -0.383 e. The summed E-state index contributed by atoms with van der Waals surface area (Å²) in [4.78, 5) is 16.1. The van der Waals surface area contributed by atoms with E-state index in [4.69, 9.17) is 0 Å². The number of aromatic nitrogens is 1. The van der Waals surface area contributed by atoms with E-state index >= 15 is 0 Å². The molecule has 1 heterocycles. The van der Waals surface area contributed by atoms with Gasteiger partial charge in [0.1, 0.15) is 11.6 Å². The minimum atomic E-state index is -0.460. The molecule has 0 spiro atoms. The van der Waals surface area contributed by atoms with Gasteiger partial charge < -0.3 is 10.6 Å². The van der Waals surface area contributed by atoms with Gasteiger partial charge in [-0.15, -0.1) is 0 Å². The van der Waals surface area contributed by atoms with Crippen LogP contribution in [-0.4, -0.2) is 17.4 Å². The Hall–Kier alpha value is -2.43. The van der Waals surface area contributed by atoms with Gasteiger partial charge in [0.25, 0.3) is 0 Å². The van der Waals surface area contributed by atoms with Crippen molar-refractivity contribution >= 4 is 17.4 Å². The number of hydrogen-bond donors (Lipinski definition) is 2. The van der Waals surface area contributed by atoms with Gasteiger partial charge in [-0.05, 0) is 30.2 Å². The summed E-state index contributed by atoms with van der Waals surface area (Å²) < 4.78 is 13.5. The van der Waals surface area contributed by atoms with Crippen molar-refractivity contribution < 1.29 is 9.18 Å². The Bertz CT molecular complexity index is 663. The molecule has 0 radical (unpaired) electrons. The molecule has 23 heavy (non-hydrogen) atoms. The van der Waals surface area contributed by atoms with Crippen molar-refractivity contribution in [1.82, 2.24) is 4.98 Å². The predicted octanol–water partition coefficient (Wildman–Crippen LogP) is 3.86. The lowest BCUT2D eigenvalue weighted by Crippen LogP contribution is -2.27. The standard InChI is InChI=1S/C18H22FN3O/c1-18(2,3)17(23)22-16-9-8-14(12-21-16)20-11-10-13-6-4-5-7-15(13)19/h4-9,12,20H,10-11H2,1-3H3,(H,21,22,23). The van der Waals surface area contributed by atoms with Gasteiger partial charge in [0, 0.05) is 12.0 Å². The summed E-state index contributed by atoms with van der Waals surface area (Å²) in [6.07, 6.45) is 2.24. The fraction of sp³-hybridized carbons (Fsp3) is 0.333. The Kier molecular flexibility index (Phi) is 5.32. The van der Waals surface area contributed by atoms with Crippen molar-refractivity contribution in [3.8, 4) is 0 Å². The van der Waals surface area contributed by atoms with Crippen LogP contribution in [-0.2, 0) is 11.2 Å². The first kappa shape index (κ1) is 16.9. The topological polar surface area (TPSA) is 54.0 Å². The molecular weight excluding hydrogens is 293 g/mol. The van der Waals surface area contributed by atoms with E-state index in [1.165, 1.54) is 6.07 Å². The van der Waals surface area contributed by atoms with Crippen LogP contribution in [0.3, 0.4) is 0 Å². The van der Waals surface area contributed by atoms with Gasteiger partial charge >= 0.3 is 0 Å². The molecule has 0 aliphatic carbocycles. The molecule has 1 aromatic heterocycles. The maximum atomic E-state index is 13.5. The van der Waals surface area contributed by atoms with Crippen molar-refractivity contribution in [2.75, 3.05) is 17.2 Å². The third kappa shape index (κ3) is 5.06. The molecule has 0 bridgehead atoms. The predicted molar refractivity (Wildman–Crippen MR) is 90.9 cm³/mol. The number of nitrogens with one attached hydrogen (secondary N) is 2. The van der Waals surface area contributed by atoms with Crippen LogP contribution in [0.2, 0.25) is 0 Å². The summed E-state index contributed by atoms with van der Waals surface area (Å²) in [5.74, 6) is 0.252. The van der Waals surface area contributed by atoms with Crippen molar-refractivity contribution in [2.45, 2.75) is 27.2 Å². The molecule has 5 heteroatoms. The zero-order valence-electron chi connectivity index (χ0n) is 13.7. The van der Waals surface area contributed by atoms with E-state index in [1.54, 1.807) is 24.4 Å². The Balaban J connectivity index is 1.86. The average molecular weight is 315 g/mol. The Morgan fingerprint density at radius 2 is 1.91 bits per heavy atom. The molecule has 0 saturated carbocycles. The number of carbonyl (C=O) groups is 1. The van der Waals surface area contributed by atoms with Crippen molar-refractivity contribution in [3.63, 3.8) is 0 Å². The second kappa shape index (κ2) is 7.22. The number of anilines is 2. The highest BCUT2D eigenvalue weighted by molar-refractivity contribution is 5.93. The zero-order valence-corrected chi connectivity index (χ0v) is 13.7. The highest BCUT2D eigenvalue weighted by Crippen LogP contribution is 2.17. The van der Waals surface area contributed by atoms with Crippen molar-refractivity contribution in [3.05, 3.63) is 54.0 Å². The molecule has 0 aliphatic heterocycles. The SMILES string of the molecule is CC(C)(C)C(=O)Nc1ccc(NCCc2ccccc2F)cn1. The zero-order chi connectivity index (χ0) is 16.9. The first-order chi connectivity index (χ1) is 10.9. The fourth-order valence-electron chi connectivity index (χ4n) is 1.92. The maximum absolute atomic E-state index is 13.5. The molecule has 0 unspecified atom stereocenters. The van der Waals surface area contributed by atoms with Crippen LogP contribution in [0.1, 0.15) is 26.3 Å². The molecule has 1 amide bonds. The number of halogens is 1. The molecule has 0 saturated heterocycles. The number of nitrogens with zero attached hydrogens (tertiary/aromatic N) is 1. The quantitative estimate of drug-likeness (QED) is 0.881. The highest BCUT2D eigenvalue weighted by atomic mass is 19.1. The van der Waals surface area contributed by atoms with E-state index in [1.807, 2.05) is 32.9 Å². The lowest BCUT2D eigenvalue weighted by Gasteiger charge is -2.17.